The average molecular weight is 260 g/mol. The molecule has 0 spiro atoms. The third-order valence-electron chi connectivity index (χ3n) is 2.93. The van der Waals surface area contributed by atoms with Gasteiger partial charge < -0.3 is 10.2 Å². The maximum atomic E-state index is 11.9. The number of thiophene rings is 1. The van der Waals surface area contributed by atoms with E-state index in [4.69, 9.17) is 6.42 Å². The van der Waals surface area contributed by atoms with E-state index in [1.807, 2.05) is 16.3 Å². The summed E-state index contributed by atoms with van der Waals surface area (Å²) in [5, 5.41) is 4.76. The van der Waals surface area contributed by atoms with Crippen LogP contribution in [0, 0.1) is 12.3 Å². The van der Waals surface area contributed by atoms with Crippen LogP contribution in [0.5, 0.6) is 0 Å². The Kier molecular flexibility index (Phi) is 4.43. The van der Waals surface area contributed by atoms with E-state index >= 15 is 0 Å². The van der Waals surface area contributed by atoms with Gasteiger partial charge in [-0.25, -0.2) is 4.79 Å². The van der Waals surface area contributed by atoms with Crippen molar-refractivity contribution in [1.82, 2.24) is 10.2 Å². The van der Waals surface area contributed by atoms with Crippen LogP contribution in [-0.2, 0) is 0 Å². The summed E-state index contributed by atoms with van der Waals surface area (Å²) < 4.78 is 0. The van der Waals surface area contributed by atoms with Gasteiger partial charge in [-0.15, -0.1) is 17.8 Å². The summed E-state index contributed by atoms with van der Waals surface area (Å²) in [4.78, 5) is 14.9. The highest BCUT2D eigenvalue weighted by Gasteiger charge is 2.26. The van der Waals surface area contributed by atoms with Crippen LogP contribution in [-0.4, -0.2) is 30.1 Å². The van der Waals surface area contributed by atoms with Crippen LogP contribution in [0.15, 0.2) is 23.6 Å². The highest BCUT2D eigenvalue weighted by Crippen LogP contribution is 2.20. The normalized spacial score (nSPS) is 19.1. The number of carbonyl (C=O) groups excluding carboxylic acids is 1. The molecule has 1 atom stereocenters. The first-order valence-corrected chi connectivity index (χ1v) is 6.89. The molecule has 0 bridgehead atoms. The topological polar surface area (TPSA) is 32.3 Å². The fraction of sp³-hybridized carbons (Fsp3) is 0.357. The van der Waals surface area contributed by atoms with Crippen molar-refractivity contribution in [2.75, 3.05) is 13.1 Å². The first-order valence-electron chi connectivity index (χ1n) is 6.01. The van der Waals surface area contributed by atoms with E-state index in [2.05, 4.69) is 29.5 Å². The molecule has 1 aliphatic rings. The van der Waals surface area contributed by atoms with Crippen molar-refractivity contribution in [2.24, 2.45) is 0 Å². The van der Waals surface area contributed by atoms with Crippen molar-refractivity contribution in [3.8, 4) is 12.3 Å². The number of nitrogens with one attached hydrogen (secondary N) is 1. The summed E-state index contributed by atoms with van der Waals surface area (Å²) in [5.74, 6) is 2.42. The van der Waals surface area contributed by atoms with Crippen molar-refractivity contribution < 1.29 is 4.79 Å². The highest BCUT2D eigenvalue weighted by molar-refractivity contribution is 7.10. The van der Waals surface area contributed by atoms with Gasteiger partial charge in [0.15, 0.2) is 0 Å². The van der Waals surface area contributed by atoms with Gasteiger partial charge in [-0.3, -0.25) is 0 Å². The number of hydrogen-bond acceptors (Lipinski definition) is 2. The number of terminal acetylenes is 1. The molecule has 0 aliphatic carbocycles. The molecule has 18 heavy (non-hydrogen) atoms. The lowest BCUT2D eigenvalue weighted by atomic mass is 10.2. The number of amides is 2. The van der Waals surface area contributed by atoms with E-state index in [1.165, 1.54) is 4.88 Å². The Morgan fingerprint density at radius 1 is 1.72 bits per heavy atom. The molecule has 2 heterocycles. The summed E-state index contributed by atoms with van der Waals surface area (Å²) >= 11 is 1.70. The zero-order valence-corrected chi connectivity index (χ0v) is 11.0. The summed E-state index contributed by atoms with van der Waals surface area (Å²) in [6, 6.07) is 4.21. The molecular weight excluding hydrogens is 244 g/mol. The SMILES string of the molecule is C#CCNC(=O)N1CCCC1/C=C/c1cccs1. The maximum absolute atomic E-state index is 11.9. The van der Waals surface area contributed by atoms with Crippen LogP contribution < -0.4 is 5.32 Å². The predicted molar refractivity (Wildman–Crippen MR) is 75.3 cm³/mol. The lowest BCUT2D eigenvalue weighted by Crippen LogP contribution is -2.42. The summed E-state index contributed by atoms with van der Waals surface area (Å²) in [5.41, 5.74) is 0. The molecule has 0 radical (unpaired) electrons. The Morgan fingerprint density at radius 3 is 3.33 bits per heavy atom. The highest BCUT2D eigenvalue weighted by atomic mass is 32.1. The van der Waals surface area contributed by atoms with E-state index < -0.39 is 0 Å². The van der Waals surface area contributed by atoms with E-state index in [0.717, 1.165) is 19.4 Å². The molecule has 1 aromatic heterocycles. The molecule has 94 valence electrons. The molecule has 4 heteroatoms. The number of carbonyl (C=O) groups is 1. The van der Waals surface area contributed by atoms with E-state index in [9.17, 15) is 4.79 Å². The Labute approximate surface area is 111 Å². The standard InChI is InChI=1S/C14H16N2OS/c1-2-9-15-14(17)16-10-3-5-12(16)7-8-13-6-4-11-18-13/h1,4,6-8,11-12H,3,5,9-10H2,(H,15,17)/b8-7+. The number of hydrogen-bond donors (Lipinski definition) is 1. The minimum Gasteiger partial charge on any atom is -0.327 e. The van der Waals surface area contributed by atoms with Gasteiger partial charge in [0.05, 0.1) is 12.6 Å². The van der Waals surface area contributed by atoms with Gasteiger partial charge in [-0.1, -0.05) is 18.1 Å². The first-order chi connectivity index (χ1) is 8.81. The molecule has 1 saturated heterocycles. The molecule has 1 N–H and O–H groups in total. The van der Waals surface area contributed by atoms with Crippen LogP contribution >= 0.6 is 11.3 Å². The van der Waals surface area contributed by atoms with Crippen LogP contribution in [0.2, 0.25) is 0 Å². The smallest absolute Gasteiger partial charge is 0.318 e. The predicted octanol–water partition coefficient (Wildman–Crippen LogP) is 2.57. The van der Waals surface area contributed by atoms with Gasteiger partial charge in [-0.2, -0.15) is 0 Å². The minimum absolute atomic E-state index is 0.0636. The molecule has 2 rings (SSSR count). The second-order valence-corrected chi connectivity index (χ2v) is 5.12. The van der Waals surface area contributed by atoms with Crippen molar-refractivity contribution in [3.05, 3.63) is 28.5 Å². The van der Waals surface area contributed by atoms with Crippen LogP contribution in [0.1, 0.15) is 17.7 Å². The second-order valence-electron chi connectivity index (χ2n) is 4.14. The number of nitrogens with zero attached hydrogens (tertiary/aromatic N) is 1. The van der Waals surface area contributed by atoms with Crippen molar-refractivity contribution >= 4 is 23.4 Å². The van der Waals surface area contributed by atoms with E-state index in [1.54, 1.807) is 11.3 Å². The third kappa shape index (κ3) is 3.14. The fourth-order valence-corrected chi connectivity index (χ4v) is 2.69. The molecular formula is C14H16N2OS. The molecule has 1 aliphatic heterocycles. The summed E-state index contributed by atoms with van der Waals surface area (Å²) in [7, 11) is 0. The average Bonchev–Trinajstić information content (AvgIpc) is 3.03. The summed E-state index contributed by atoms with van der Waals surface area (Å²) in [6.07, 6.45) is 11.4. The van der Waals surface area contributed by atoms with Crippen LogP contribution in [0.25, 0.3) is 6.08 Å². The zero-order chi connectivity index (χ0) is 12.8. The van der Waals surface area contributed by atoms with Gasteiger partial charge in [0, 0.05) is 11.4 Å². The van der Waals surface area contributed by atoms with E-state index in [0.29, 0.717) is 0 Å². The largest absolute Gasteiger partial charge is 0.327 e. The molecule has 0 saturated carbocycles. The second kappa shape index (κ2) is 6.27. The lowest BCUT2D eigenvalue weighted by Gasteiger charge is -2.22. The van der Waals surface area contributed by atoms with Crippen LogP contribution in [0.4, 0.5) is 4.79 Å². The van der Waals surface area contributed by atoms with Gasteiger partial charge >= 0.3 is 6.03 Å². The molecule has 0 aromatic carbocycles. The minimum atomic E-state index is -0.0636. The van der Waals surface area contributed by atoms with Gasteiger partial charge in [-0.05, 0) is 30.4 Å². The molecule has 3 nitrogen and oxygen atoms in total. The fourth-order valence-electron chi connectivity index (χ4n) is 2.06. The number of urea groups is 1. The van der Waals surface area contributed by atoms with Crippen molar-refractivity contribution in [2.45, 2.75) is 18.9 Å². The van der Waals surface area contributed by atoms with Gasteiger partial charge in [0.2, 0.25) is 0 Å². The zero-order valence-electron chi connectivity index (χ0n) is 10.1. The monoisotopic (exact) mass is 260 g/mol. The maximum Gasteiger partial charge on any atom is 0.318 e. The first kappa shape index (κ1) is 12.7. The van der Waals surface area contributed by atoms with Crippen LogP contribution in [0.3, 0.4) is 0 Å². The van der Waals surface area contributed by atoms with E-state index in [-0.39, 0.29) is 18.6 Å². The molecule has 1 fully saturated rings. The number of rotatable bonds is 3. The van der Waals surface area contributed by atoms with Gasteiger partial charge in [0.1, 0.15) is 0 Å². The molecule has 2 amide bonds. The molecule has 1 aromatic rings. The van der Waals surface area contributed by atoms with Crippen molar-refractivity contribution in [1.29, 1.82) is 0 Å². The van der Waals surface area contributed by atoms with Crippen molar-refractivity contribution in [3.63, 3.8) is 0 Å². The summed E-state index contributed by atoms with van der Waals surface area (Å²) in [6.45, 7) is 1.09. The number of likely N-dealkylation sites (tertiary alicyclic amines) is 1. The Morgan fingerprint density at radius 2 is 2.61 bits per heavy atom. The Hall–Kier alpha value is -1.73. The lowest BCUT2D eigenvalue weighted by molar-refractivity contribution is 0.202. The third-order valence-corrected chi connectivity index (χ3v) is 3.77. The van der Waals surface area contributed by atoms with Gasteiger partial charge in [0.25, 0.3) is 0 Å². The quantitative estimate of drug-likeness (QED) is 0.832. The Balaban J connectivity index is 1.95. The Bertz CT molecular complexity index is 459. The molecule has 1 unspecified atom stereocenters.